The lowest BCUT2D eigenvalue weighted by Crippen LogP contribution is -2.44. The largest absolute Gasteiger partial charge is 0.439 e. The van der Waals surface area contributed by atoms with Crippen LogP contribution in [0, 0.1) is 0 Å². The number of ether oxygens (including phenoxy) is 1. The highest BCUT2D eigenvalue weighted by molar-refractivity contribution is 7.86. The molecule has 3 heterocycles. The molecule has 0 aliphatic carbocycles. The van der Waals surface area contributed by atoms with Gasteiger partial charge in [0.15, 0.2) is 11.1 Å². The van der Waals surface area contributed by atoms with Gasteiger partial charge in [-0.15, -0.1) is 11.3 Å². The molecule has 1 aliphatic rings. The first-order valence-electron chi connectivity index (χ1n) is 14.3. The van der Waals surface area contributed by atoms with Crippen molar-refractivity contribution in [1.82, 2.24) is 4.68 Å². The maximum absolute atomic E-state index is 13.0. The molecule has 15 heteroatoms. The highest BCUT2D eigenvalue weighted by Crippen LogP contribution is 2.38. The molecule has 0 spiro atoms. The summed E-state index contributed by atoms with van der Waals surface area (Å²) >= 11 is 1.55. The fourth-order valence-electron chi connectivity index (χ4n) is 5.17. The number of rotatable bonds is 12. The first-order chi connectivity index (χ1) is 21.8. The fraction of sp³-hybridized carbons (Fsp3) is 0.258. The van der Waals surface area contributed by atoms with E-state index in [4.69, 9.17) is 13.7 Å². The van der Waals surface area contributed by atoms with E-state index < -0.39 is 31.6 Å². The molecule has 0 saturated carbocycles. The van der Waals surface area contributed by atoms with Gasteiger partial charge in [0, 0.05) is 42.4 Å². The Morgan fingerprint density at radius 1 is 0.913 bits per heavy atom. The first kappa shape index (κ1) is 33.2. The molecule has 0 radical (unpaired) electrons. The molecule has 1 aliphatic heterocycles. The Kier molecular flexibility index (Phi) is 9.88. The van der Waals surface area contributed by atoms with Crippen molar-refractivity contribution in [2.75, 3.05) is 42.1 Å². The minimum Gasteiger partial charge on any atom is -0.439 e. The summed E-state index contributed by atoms with van der Waals surface area (Å²) in [6, 6.07) is 15.1. The molecule has 0 saturated heterocycles. The maximum atomic E-state index is 13.0. The van der Waals surface area contributed by atoms with Gasteiger partial charge in [-0.3, -0.25) is 9.11 Å². The number of benzene rings is 2. The Balaban J connectivity index is 1.48. The number of aromatic nitrogens is 1. The number of oxazole rings is 1. The molecule has 12 nitrogen and oxygen atoms in total. The third kappa shape index (κ3) is 7.97. The van der Waals surface area contributed by atoms with Crippen LogP contribution < -0.4 is 31.2 Å². The van der Waals surface area contributed by atoms with Crippen molar-refractivity contribution in [2.24, 2.45) is 0 Å². The Labute approximate surface area is 269 Å². The Bertz CT molecular complexity index is 2210. The molecule has 0 fully saturated rings. The average Bonchev–Trinajstić information content (AvgIpc) is 3.61. The average molecular weight is 688 g/mol. The Hall–Kier alpha value is -4.15. The van der Waals surface area contributed by atoms with Gasteiger partial charge in [-0.2, -0.15) is 16.8 Å². The molecule has 2 aromatic carbocycles. The number of allylic oxidation sites excluding steroid dienone is 2. The van der Waals surface area contributed by atoms with Crippen LogP contribution in [-0.4, -0.2) is 62.8 Å². The zero-order chi connectivity index (χ0) is 33.1. The van der Waals surface area contributed by atoms with Gasteiger partial charge in [0.25, 0.3) is 20.2 Å². The summed E-state index contributed by atoms with van der Waals surface area (Å²) in [5.41, 5.74) is 1.36. The van der Waals surface area contributed by atoms with Gasteiger partial charge in [0.2, 0.25) is 11.4 Å². The second kappa shape index (κ2) is 13.7. The lowest BCUT2D eigenvalue weighted by atomic mass is 10.1. The molecule has 2 aromatic heterocycles. The van der Waals surface area contributed by atoms with E-state index in [0.717, 1.165) is 26.2 Å². The Morgan fingerprint density at radius 2 is 1.61 bits per heavy atom. The second-order valence-corrected chi connectivity index (χ2v) is 14.9. The van der Waals surface area contributed by atoms with Gasteiger partial charge in [-0.25, -0.2) is 9.47 Å². The summed E-state index contributed by atoms with van der Waals surface area (Å²) in [4.78, 5) is 15.7. The zero-order valence-electron chi connectivity index (χ0n) is 25.1. The monoisotopic (exact) mass is 687 g/mol. The quantitative estimate of drug-likeness (QED) is 0.211. The summed E-state index contributed by atoms with van der Waals surface area (Å²) in [6.45, 7) is 0.249. The minimum absolute atomic E-state index is 0.150. The second-order valence-electron chi connectivity index (χ2n) is 10.7. The van der Waals surface area contributed by atoms with Crippen molar-refractivity contribution in [3.8, 4) is 5.75 Å². The van der Waals surface area contributed by atoms with Crippen LogP contribution in [0.5, 0.6) is 5.75 Å². The van der Waals surface area contributed by atoms with E-state index in [1.807, 2.05) is 48.5 Å². The number of thiophene rings is 1. The standard InChI is InChI=1S/C31H33N3O9S3/c1-32(2)34-25(17-18-29-33(19-9-21-46(39,40)41)24-12-4-5-13-26(24)42-29)31(35)43-30(34)16-7-15-28-23(11-8-20-45(36,37)38)22-10-3-6-14-27(22)44-28/h3-7,10,12-18H,8-9,11,19-21H2,1-2H3,(H,36,37,38)(H,39,40,41)/b15-7+,25-17-,29-18-,30-16-. The van der Waals surface area contributed by atoms with Crippen LogP contribution in [0.4, 0.5) is 5.69 Å². The topological polar surface area (TPSA) is 160 Å². The van der Waals surface area contributed by atoms with Crippen molar-refractivity contribution < 1.29 is 35.1 Å². The molecule has 46 heavy (non-hydrogen) atoms. The van der Waals surface area contributed by atoms with E-state index >= 15 is 0 Å². The van der Waals surface area contributed by atoms with E-state index in [1.54, 1.807) is 70.4 Å². The number of para-hydroxylation sites is 2. The predicted molar refractivity (Wildman–Crippen MR) is 180 cm³/mol. The number of anilines is 1. The minimum atomic E-state index is -4.13. The van der Waals surface area contributed by atoms with Gasteiger partial charge in [0.1, 0.15) is 0 Å². The van der Waals surface area contributed by atoms with E-state index in [-0.39, 0.29) is 36.0 Å². The molecule has 0 bridgehead atoms. The molecule has 0 atom stereocenters. The van der Waals surface area contributed by atoms with Crippen molar-refractivity contribution in [1.29, 1.82) is 0 Å². The summed E-state index contributed by atoms with van der Waals surface area (Å²) in [5, 5.41) is 2.91. The van der Waals surface area contributed by atoms with Crippen LogP contribution in [0.25, 0.3) is 28.3 Å². The molecule has 244 valence electrons. The van der Waals surface area contributed by atoms with Crippen molar-refractivity contribution in [3.63, 3.8) is 0 Å². The lowest BCUT2D eigenvalue weighted by Gasteiger charge is -2.17. The molecule has 2 N–H and O–H groups in total. The van der Waals surface area contributed by atoms with Crippen molar-refractivity contribution >= 4 is 65.6 Å². The Morgan fingerprint density at radius 3 is 2.35 bits per heavy atom. The van der Waals surface area contributed by atoms with Gasteiger partial charge >= 0.3 is 5.63 Å². The van der Waals surface area contributed by atoms with Gasteiger partial charge in [-0.05, 0) is 60.6 Å². The molecule has 0 unspecified atom stereocenters. The third-order valence-electron chi connectivity index (χ3n) is 7.09. The number of nitrogens with zero attached hydrogens (tertiary/aromatic N) is 3. The summed E-state index contributed by atoms with van der Waals surface area (Å²) in [6.07, 6.45) is 9.33. The molecule has 4 aromatic rings. The van der Waals surface area contributed by atoms with Crippen LogP contribution in [0.3, 0.4) is 0 Å². The third-order valence-corrected chi connectivity index (χ3v) is 9.88. The van der Waals surface area contributed by atoms with Crippen LogP contribution in [0.15, 0.2) is 75.8 Å². The lowest BCUT2D eigenvalue weighted by molar-refractivity contribution is 0.437. The summed E-state index contributed by atoms with van der Waals surface area (Å²) in [7, 11) is -4.69. The smallest absolute Gasteiger partial charge is 0.363 e. The fourth-order valence-corrected chi connectivity index (χ4v) is 7.34. The molecular weight excluding hydrogens is 655 g/mol. The van der Waals surface area contributed by atoms with E-state index in [0.29, 0.717) is 18.1 Å². The molecular formula is C31H33N3O9S3. The predicted octanol–water partition coefficient (Wildman–Crippen LogP) is 2.97. The normalized spacial score (nSPS) is 15.4. The van der Waals surface area contributed by atoms with Crippen LogP contribution in [-0.2, 0) is 26.7 Å². The molecule has 5 rings (SSSR count). The molecule has 0 amide bonds. The highest BCUT2D eigenvalue weighted by Gasteiger charge is 2.25. The first-order valence-corrected chi connectivity index (χ1v) is 18.3. The van der Waals surface area contributed by atoms with E-state index in [2.05, 4.69) is 0 Å². The summed E-state index contributed by atoms with van der Waals surface area (Å²) < 4.78 is 77.6. The van der Waals surface area contributed by atoms with Crippen molar-refractivity contribution in [3.05, 3.63) is 98.3 Å². The van der Waals surface area contributed by atoms with Crippen LogP contribution in [0.1, 0.15) is 23.3 Å². The number of aryl methyl sites for hydroxylation is 1. The van der Waals surface area contributed by atoms with Gasteiger partial charge in [-0.1, -0.05) is 36.4 Å². The summed E-state index contributed by atoms with van der Waals surface area (Å²) in [5.74, 6) is 0.208. The van der Waals surface area contributed by atoms with E-state index in [1.165, 1.54) is 0 Å². The van der Waals surface area contributed by atoms with Gasteiger partial charge in [0.05, 0.1) is 17.2 Å². The number of fused-ring (bicyclic) bond motifs is 2. The maximum Gasteiger partial charge on any atom is 0.363 e. The van der Waals surface area contributed by atoms with Crippen molar-refractivity contribution in [2.45, 2.75) is 19.3 Å². The number of hydrogen-bond acceptors (Lipinski definition) is 10. The van der Waals surface area contributed by atoms with Crippen LogP contribution in [0.2, 0.25) is 0 Å². The highest BCUT2D eigenvalue weighted by atomic mass is 32.2. The number of hydrogen-bond donors (Lipinski definition) is 2. The SMILES string of the molecule is CN(C)n1/c(=C/C=C/c2sc3ccccc3c2CCCS(=O)(=O)O)oc(=O)/c1=C/C=C1\Oc2ccccc2N1CCCS(=O)(=O)O. The zero-order valence-corrected chi connectivity index (χ0v) is 27.5. The van der Waals surface area contributed by atoms with E-state index in [9.17, 15) is 26.2 Å². The van der Waals surface area contributed by atoms with Crippen LogP contribution >= 0.6 is 11.3 Å². The van der Waals surface area contributed by atoms with Gasteiger partial charge < -0.3 is 19.1 Å².